The highest BCUT2D eigenvalue weighted by atomic mass is 16.5. The Labute approximate surface area is 77.9 Å². The van der Waals surface area contributed by atoms with Gasteiger partial charge in [0.05, 0.1) is 13.3 Å². The number of ether oxygens (including phenoxy) is 2. The summed E-state index contributed by atoms with van der Waals surface area (Å²) in [7, 11) is 3.49. The molecule has 13 heavy (non-hydrogen) atoms. The van der Waals surface area contributed by atoms with E-state index in [0.29, 0.717) is 12.5 Å². The Balaban J connectivity index is 2.40. The van der Waals surface area contributed by atoms with Crippen molar-refractivity contribution in [2.24, 2.45) is 0 Å². The molecule has 1 heterocycles. The van der Waals surface area contributed by atoms with Gasteiger partial charge in [-0.1, -0.05) is 0 Å². The molecular formula is C9H14N2O2. The van der Waals surface area contributed by atoms with Crippen molar-refractivity contribution in [2.75, 3.05) is 27.3 Å². The van der Waals surface area contributed by atoms with Gasteiger partial charge < -0.3 is 14.8 Å². The number of nitrogens with one attached hydrogen (secondary N) is 1. The molecule has 4 heteroatoms. The van der Waals surface area contributed by atoms with E-state index in [0.717, 1.165) is 12.3 Å². The maximum absolute atomic E-state index is 5.32. The number of aromatic nitrogens is 1. The molecule has 1 aromatic heterocycles. The van der Waals surface area contributed by atoms with E-state index in [1.165, 1.54) is 0 Å². The predicted octanol–water partition coefficient (Wildman–Crippen LogP) is 0.688. The summed E-state index contributed by atoms with van der Waals surface area (Å²) in [6, 6.07) is 3.61. The Hall–Kier alpha value is -1.29. The molecule has 0 fully saturated rings. The Bertz CT molecular complexity index is 236. The third kappa shape index (κ3) is 3.29. The first-order valence-electron chi connectivity index (χ1n) is 4.14. The van der Waals surface area contributed by atoms with Crippen molar-refractivity contribution in [1.29, 1.82) is 0 Å². The van der Waals surface area contributed by atoms with E-state index in [9.17, 15) is 0 Å². The first-order chi connectivity index (χ1) is 6.36. The van der Waals surface area contributed by atoms with Crippen molar-refractivity contribution in [1.82, 2.24) is 10.3 Å². The summed E-state index contributed by atoms with van der Waals surface area (Å²) >= 11 is 0. The fraction of sp³-hybridized carbons (Fsp3) is 0.444. The molecule has 72 valence electrons. The normalized spacial score (nSPS) is 9.69. The van der Waals surface area contributed by atoms with Gasteiger partial charge in [0.15, 0.2) is 0 Å². The molecule has 0 aromatic carbocycles. The van der Waals surface area contributed by atoms with Gasteiger partial charge in [0.25, 0.3) is 0 Å². The van der Waals surface area contributed by atoms with E-state index >= 15 is 0 Å². The maximum atomic E-state index is 5.32. The van der Waals surface area contributed by atoms with Gasteiger partial charge in [-0.3, -0.25) is 0 Å². The largest absolute Gasteiger partial charge is 0.495 e. The Morgan fingerprint density at radius 2 is 2.31 bits per heavy atom. The lowest BCUT2D eigenvalue weighted by atomic mass is 10.4. The molecule has 0 bridgehead atoms. The second-order valence-electron chi connectivity index (χ2n) is 2.49. The van der Waals surface area contributed by atoms with Crippen LogP contribution in [0, 0.1) is 0 Å². The van der Waals surface area contributed by atoms with E-state index < -0.39 is 0 Å². The van der Waals surface area contributed by atoms with Crippen molar-refractivity contribution in [3.63, 3.8) is 0 Å². The second kappa shape index (κ2) is 5.37. The number of pyridine rings is 1. The Morgan fingerprint density at radius 3 is 2.85 bits per heavy atom. The van der Waals surface area contributed by atoms with Gasteiger partial charge in [-0.25, -0.2) is 4.98 Å². The number of hydrogen-bond acceptors (Lipinski definition) is 4. The number of rotatable bonds is 5. The van der Waals surface area contributed by atoms with Crippen LogP contribution in [0.3, 0.4) is 0 Å². The van der Waals surface area contributed by atoms with Crippen LogP contribution in [0.5, 0.6) is 11.6 Å². The maximum Gasteiger partial charge on any atom is 0.213 e. The second-order valence-corrected chi connectivity index (χ2v) is 2.49. The van der Waals surface area contributed by atoms with Crippen molar-refractivity contribution < 1.29 is 9.47 Å². The molecule has 0 spiro atoms. The monoisotopic (exact) mass is 182 g/mol. The zero-order valence-electron chi connectivity index (χ0n) is 7.91. The first kappa shape index (κ1) is 9.80. The third-order valence-corrected chi connectivity index (χ3v) is 1.55. The van der Waals surface area contributed by atoms with E-state index in [2.05, 4.69) is 10.3 Å². The molecule has 1 aromatic rings. The van der Waals surface area contributed by atoms with Crippen molar-refractivity contribution >= 4 is 0 Å². The SMILES string of the molecule is CNCCOc1ccc(OC)cn1. The number of hydrogen-bond donors (Lipinski definition) is 1. The highest BCUT2D eigenvalue weighted by Gasteiger charge is 1.95. The summed E-state index contributed by atoms with van der Waals surface area (Å²) < 4.78 is 10.3. The average molecular weight is 182 g/mol. The van der Waals surface area contributed by atoms with Crippen LogP contribution in [0.1, 0.15) is 0 Å². The molecule has 0 atom stereocenters. The molecule has 0 amide bonds. The smallest absolute Gasteiger partial charge is 0.213 e. The van der Waals surface area contributed by atoms with Crippen LogP contribution in [0.2, 0.25) is 0 Å². The fourth-order valence-corrected chi connectivity index (χ4v) is 0.831. The topological polar surface area (TPSA) is 43.4 Å². The molecule has 1 N–H and O–H groups in total. The quantitative estimate of drug-likeness (QED) is 0.680. The minimum absolute atomic E-state index is 0.621. The van der Waals surface area contributed by atoms with E-state index in [1.807, 2.05) is 13.1 Å². The van der Waals surface area contributed by atoms with E-state index in [-0.39, 0.29) is 0 Å². The van der Waals surface area contributed by atoms with Gasteiger partial charge >= 0.3 is 0 Å². The number of methoxy groups -OCH3 is 1. The van der Waals surface area contributed by atoms with Gasteiger partial charge in [0.1, 0.15) is 12.4 Å². The minimum Gasteiger partial charge on any atom is -0.495 e. The standard InChI is InChI=1S/C9H14N2O2/c1-10-5-6-13-9-4-3-8(12-2)7-11-9/h3-4,7,10H,5-6H2,1-2H3. The lowest BCUT2D eigenvalue weighted by Gasteiger charge is -2.04. The molecule has 0 aliphatic carbocycles. The predicted molar refractivity (Wildman–Crippen MR) is 50.2 cm³/mol. The van der Waals surface area contributed by atoms with Crippen LogP contribution in [-0.2, 0) is 0 Å². The molecule has 0 saturated carbocycles. The summed E-state index contributed by atoms with van der Waals surface area (Å²) in [5.74, 6) is 1.36. The summed E-state index contributed by atoms with van der Waals surface area (Å²) in [6.07, 6.45) is 1.63. The van der Waals surface area contributed by atoms with Gasteiger partial charge in [0, 0.05) is 12.6 Å². The third-order valence-electron chi connectivity index (χ3n) is 1.55. The molecular weight excluding hydrogens is 168 g/mol. The highest BCUT2D eigenvalue weighted by Crippen LogP contribution is 2.12. The Morgan fingerprint density at radius 1 is 1.46 bits per heavy atom. The summed E-state index contributed by atoms with van der Waals surface area (Å²) in [5, 5.41) is 2.98. The number of likely N-dealkylation sites (N-methyl/N-ethyl adjacent to an activating group) is 1. The molecule has 0 aliphatic heterocycles. The van der Waals surface area contributed by atoms with Gasteiger partial charge in [-0.2, -0.15) is 0 Å². The molecule has 0 aliphatic rings. The Kier molecular flexibility index (Phi) is 4.05. The summed E-state index contributed by atoms with van der Waals surface area (Å²) in [5.41, 5.74) is 0. The molecule has 0 unspecified atom stereocenters. The van der Waals surface area contributed by atoms with Crippen LogP contribution < -0.4 is 14.8 Å². The first-order valence-corrected chi connectivity index (χ1v) is 4.14. The van der Waals surface area contributed by atoms with E-state index in [1.54, 1.807) is 19.4 Å². The lowest BCUT2D eigenvalue weighted by Crippen LogP contribution is -2.16. The van der Waals surface area contributed by atoms with Crippen LogP contribution in [0.25, 0.3) is 0 Å². The van der Waals surface area contributed by atoms with Crippen LogP contribution in [0.4, 0.5) is 0 Å². The van der Waals surface area contributed by atoms with E-state index in [4.69, 9.17) is 9.47 Å². The molecule has 4 nitrogen and oxygen atoms in total. The average Bonchev–Trinajstić information content (AvgIpc) is 2.19. The minimum atomic E-state index is 0.621. The molecule has 0 saturated heterocycles. The van der Waals surface area contributed by atoms with Crippen molar-refractivity contribution in [3.05, 3.63) is 18.3 Å². The summed E-state index contributed by atoms with van der Waals surface area (Å²) in [6.45, 7) is 1.43. The molecule has 1 rings (SSSR count). The summed E-state index contributed by atoms with van der Waals surface area (Å²) in [4.78, 5) is 4.05. The van der Waals surface area contributed by atoms with Crippen LogP contribution in [0.15, 0.2) is 18.3 Å². The van der Waals surface area contributed by atoms with Gasteiger partial charge in [-0.15, -0.1) is 0 Å². The lowest BCUT2D eigenvalue weighted by molar-refractivity contribution is 0.305. The van der Waals surface area contributed by atoms with Gasteiger partial charge in [0.2, 0.25) is 5.88 Å². The van der Waals surface area contributed by atoms with Crippen LogP contribution in [-0.4, -0.2) is 32.3 Å². The van der Waals surface area contributed by atoms with Crippen molar-refractivity contribution in [3.8, 4) is 11.6 Å². The van der Waals surface area contributed by atoms with Crippen molar-refractivity contribution in [2.45, 2.75) is 0 Å². The zero-order chi connectivity index (χ0) is 9.52. The number of nitrogens with zero attached hydrogens (tertiary/aromatic N) is 1. The highest BCUT2D eigenvalue weighted by molar-refractivity contribution is 5.22. The zero-order valence-corrected chi connectivity index (χ0v) is 7.91. The fourth-order valence-electron chi connectivity index (χ4n) is 0.831. The molecule has 0 radical (unpaired) electrons. The van der Waals surface area contributed by atoms with Gasteiger partial charge in [-0.05, 0) is 13.1 Å². The van der Waals surface area contributed by atoms with Crippen LogP contribution >= 0.6 is 0 Å².